The van der Waals surface area contributed by atoms with Crippen LogP contribution in [0.4, 0.5) is 9.80 Å². The molecule has 1 amide bonds. The Bertz CT molecular complexity index is 436. The fraction of sp³-hybridized carbons (Fsp3) is 0.615. The number of carbonyl (C=O) groups is 1. The Kier molecular flexibility index (Phi) is 3.52. The minimum atomic E-state index is -0.428. The van der Waals surface area contributed by atoms with Crippen LogP contribution >= 0.6 is 11.3 Å². The molecule has 1 saturated heterocycles. The van der Waals surface area contributed by atoms with Crippen LogP contribution in [0.25, 0.3) is 0 Å². The summed E-state index contributed by atoms with van der Waals surface area (Å²) < 4.78 is 5.38. The van der Waals surface area contributed by atoms with E-state index in [4.69, 9.17) is 10.5 Å². The summed E-state index contributed by atoms with van der Waals surface area (Å²) in [5.74, 6) is 0.403. The highest BCUT2D eigenvalue weighted by Gasteiger charge is 2.31. The second-order valence-corrected chi connectivity index (χ2v) is 6.80. The third-order valence-corrected chi connectivity index (χ3v) is 3.97. The van der Waals surface area contributed by atoms with E-state index in [0.29, 0.717) is 5.92 Å². The molecule has 0 bridgehead atoms. The van der Waals surface area contributed by atoms with E-state index in [1.54, 1.807) is 16.2 Å². The molecule has 5 heteroatoms. The lowest BCUT2D eigenvalue weighted by atomic mass is 10.1. The Morgan fingerprint density at radius 2 is 2.22 bits per heavy atom. The zero-order chi connectivity index (χ0) is 13.3. The molecule has 1 atom stereocenters. The zero-order valence-corrected chi connectivity index (χ0v) is 11.9. The number of hydrogen-bond donors (Lipinski definition) is 1. The summed E-state index contributed by atoms with van der Waals surface area (Å²) in [4.78, 5) is 15.0. The highest BCUT2D eigenvalue weighted by atomic mass is 32.1. The number of hydrogen-bond acceptors (Lipinski definition) is 4. The largest absolute Gasteiger partial charge is 0.444 e. The second kappa shape index (κ2) is 4.80. The molecular weight excluding hydrogens is 248 g/mol. The summed E-state index contributed by atoms with van der Waals surface area (Å²) in [5, 5.41) is 0.834. The molecule has 4 nitrogen and oxygen atoms in total. The summed E-state index contributed by atoms with van der Waals surface area (Å²) in [6, 6.07) is 3.99. The Labute approximate surface area is 112 Å². The third-order valence-electron chi connectivity index (χ3n) is 2.89. The summed E-state index contributed by atoms with van der Waals surface area (Å²) in [6.45, 7) is 7.15. The number of carbonyl (C=O) groups excluding carboxylic acids is 1. The van der Waals surface area contributed by atoms with Gasteiger partial charge in [-0.25, -0.2) is 4.79 Å². The van der Waals surface area contributed by atoms with Crippen molar-refractivity contribution in [1.29, 1.82) is 0 Å². The topological polar surface area (TPSA) is 55.6 Å². The van der Waals surface area contributed by atoms with Crippen molar-refractivity contribution in [2.24, 2.45) is 0 Å². The molecule has 1 fully saturated rings. The van der Waals surface area contributed by atoms with Crippen molar-refractivity contribution >= 4 is 22.4 Å². The van der Waals surface area contributed by atoms with Crippen molar-refractivity contribution in [3.8, 4) is 0 Å². The molecular formula is C13H20N2O2S. The fourth-order valence-corrected chi connectivity index (χ4v) is 2.98. The molecule has 0 spiro atoms. The maximum Gasteiger partial charge on any atom is 0.410 e. The number of rotatable bonds is 1. The first-order valence-electron chi connectivity index (χ1n) is 6.18. The molecule has 0 saturated carbocycles. The van der Waals surface area contributed by atoms with Crippen LogP contribution in [0.2, 0.25) is 0 Å². The van der Waals surface area contributed by atoms with E-state index in [0.717, 1.165) is 24.5 Å². The van der Waals surface area contributed by atoms with Crippen LogP contribution in [0.3, 0.4) is 0 Å². The van der Waals surface area contributed by atoms with Crippen LogP contribution in [0.15, 0.2) is 12.1 Å². The molecule has 0 radical (unpaired) electrons. The van der Waals surface area contributed by atoms with E-state index in [9.17, 15) is 4.79 Å². The average molecular weight is 268 g/mol. The Morgan fingerprint density at radius 3 is 2.78 bits per heavy atom. The fourth-order valence-electron chi connectivity index (χ4n) is 2.07. The van der Waals surface area contributed by atoms with Crippen LogP contribution in [0, 0.1) is 0 Å². The monoisotopic (exact) mass is 268 g/mol. The van der Waals surface area contributed by atoms with Gasteiger partial charge in [0.1, 0.15) is 5.60 Å². The van der Waals surface area contributed by atoms with Gasteiger partial charge in [0.2, 0.25) is 0 Å². The van der Waals surface area contributed by atoms with Crippen molar-refractivity contribution < 1.29 is 9.53 Å². The predicted octanol–water partition coefficient (Wildman–Crippen LogP) is 3.05. The number of anilines is 1. The standard InChI is InChI=1S/C13H20N2O2S/c1-13(2,3)17-12(16)15-7-6-9(8-15)10-4-5-11(14)18-10/h4-5,9H,6-8,14H2,1-3H3. The van der Waals surface area contributed by atoms with E-state index in [1.165, 1.54) is 4.88 Å². The van der Waals surface area contributed by atoms with E-state index in [-0.39, 0.29) is 6.09 Å². The van der Waals surface area contributed by atoms with Gasteiger partial charge in [0, 0.05) is 23.9 Å². The SMILES string of the molecule is CC(C)(C)OC(=O)N1CCC(c2ccc(N)s2)C1. The average Bonchev–Trinajstić information content (AvgIpc) is 2.82. The molecule has 100 valence electrons. The number of thiophene rings is 1. The van der Waals surface area contributed by atoms with Gasteiger partial charge in [-0.15, -0.1) is 11.3 Å². The van der Waals surface area contributed by atoms with Crippen molar-refractivity contribution in [3.63, 3.8) is 0 Å². The molecule has 1 aliphatic heterocycles. The maximum atomic E-state index is 11.9. The molecule has 2 rings (SSSR count). The van der Waals surface area contributed by atoms with Crippen LogP contribution in [-0.2, 0) is 4.74 Å². The van der Waals surface area contributed by atoms with Gasteiger partial charge in [-0.05, 0) is 39.3 Å². The normalized spacial score (nSPS) is 20.2. The van der Waals surface area contributed by atoms with E-state index in [1.807, 2.05) is 26.8 Å². The van der Waals surface area contributed by atoms with Crippen molar-refractivity contribution in [3.05, 3.63) is 17.0 Å². The molecule has 0 aromatic carbocycles. The van der Waals surface area contributed by atoms with Crippen molar-refractivity contribution in [2.75, 3.05) is 18.8 Å². The van der Waals surface area contributed by atoms with E-state index in [2.05, 4.69) is 6.07 Å². The van der Waals surface area contributed by atoms with Gasteiger partial charge < -0.3 is 15.4 Å². The van der Waals surface area contributed by atoms with E-state index < -0.39 is 5.60 Å². The number of likely N-dealkylation sites (tertiary alicyclic amines) is 1. The minimum absolute atomic E-state index is 0.213. The predicted molar refractivity (Wildman–Crippen MR) is 73.9 cm³/mol. The molecule has 1 unspecified atom stereocenters. The molecule has 1 aliphatic rings. The van der Waals surface area contributed by atoms with Gasteiger partial charge in [0.05, 0.1) is 5.00 Å². The first kappa shape index (κ1) is 13.2. The van der Waals surface area contributed by atoms with Gasteiger partial charge >= 0.3 is 6.09 Å². The Morgan fingerprint density at radius 1 is 1.50 bits per heavy atom. The summed E-state index contributed by atoms with van der Waals surface area (Å²) in [6.07, 6.45) is 0.772. The van der Waals surface area contributed by atoms with Crippen LogP contribution in [0.1, 0.15) is 38.0 Å². The van der Waals surface area contributed by atoms with Gasteiger partial charge in [-0.2, -0.15) is 0 Å². The van der Waals surface area contributed by atoms with E-state index >= 15 is 0 Å². The molecule has 1 aromatic rings. The Balaban J connectivity index is 1.94. The summed E-state index contributed by atoms with van der Waals surface area (Å²) in [5.41, 5.74) is 5.31. The molecule has 2 heterocycles. The number of nitrogens with zero attached hydrogens (tertiary/aromatic N) is 1. The molecule has 0 aliphatic carbocycles. The first-order chi connectivity index (χ1) is 8.35. The quantitative estimate of drug-likeness (QED) is 0.851. The van der Waals surface area contributed by atoms with Gasteiger partial charge in [0.25, 0.3) is 0 Å². The van der Waals surface area contributed by atoms with Crippen LogP contribution in [-0.4, -0.2) is 29.7 Å². The van der Waals surface area contributed by atoms with Crippen LogP contribution in [0.5, 0.6) is 0 Å². The summed E-state index contributed by atoms with van der Waals surface area (Å²) in [7, 11) is 0. The molecule has 18 heavy (non-hydrogen) atoms. The lowest BCUT2D eigenvalue weighted by Gasteiger charge is -2.24. The van der Waals surface area contributed by atoms with Gasteiger partial charge in [0.15, 0.2) is 0 Å². The highest BCUT2D eigenvalue weighted by Crippen LogP contribution is 2.33. The smallest absolute Gasteiger partial charge is 0.410 e. The number of ether oxygens (including phenoxy) is 1. The zero-order valence-electron chi connectivity index (χ0n) is 11.1. The maximum absolute atomic E-state index is 11.9. The van der Waals surface area contributed by atoms with Gasteiger partial charge in [-0.3, -0.25) is 0 Å². The third kappa shape index (κ3) is 3.16. The van der Waals surface area contributed by atoms with Crippen LogP contribution < -0.4 is 5.73 Å². The first-order valence-corrected chi connectivity index (χ1v) is 7.00. The number of nitrogen functional groups attached to an aromatic ring is 1. The van der Waals surface area contributed by atoms with Crippen molar-refractivity contribution in [1.82, 2.24) is 4.90 Å². The second-order valence-electron chi connectivity index (χ2n) is 5.65. The lowest BCUT2D eigenvalue weighted by Crippen LogP contribution is -2.35. The highest BCUT2D eigenvalue weighted by molar-refractivity contribution is 7.15. The number of nitrogens with two attached hydrogens (primary N) is 1. The van der Waals surface area contributed by atoms with Crippen molar-refractivity contribution in [2.45, 2.75) is 38.7 Å². The minimum Gasteiger partial charge on any atom is -0.444 e. The summed E-state index contributed by atoms with van der Waals surface area (Å²) >= 11 is 1.61. The Hall–Kier alpha value is -1.23. The number of amides is 1. The lowest BCUT2D eigenvalue weighted by molar-refractivity contribution is 0.0292. The molecule has 2 N–H and O–H groups in total. The van der Waals surface area contributed by atoms with Gasteiger partial charge in [-0.1, -0.05) is 0 Å². The molecule has 1 aromatic heterocycles.